The van der Waals surface area contributed by atoms with Crippen LogP contribution in [0.3, 0.4) is 0 Å². The van der Waals surface area contributed by atoms with E-state index in [4.69, 9.17) is 23.2 Å². The van der Waals surface area contributed by atoms with Gasteiger partial charge >= 0.3 is 0 Å². The van der Waals surface area contributed by atoms with Gasteiger partial charge in [-0.3, -0.25) is 4.79 Å². The summed E-state index contributed by atoms with van der Waals surface area (Å²) in [4.78, 5) is 16.4. The molecule has 0 spiro atoms. The Morgan fingerprint density at radius 1 is 1.30 bits per heavy atom. The van der Waals surface area contributed by atoms with Gasteiger partial charge in [0, 0.05) is 8.04 Å². The molecule has 0 aliphatic heterocycles. The average Bonchev–Trinajstić information content (AvgIpc) is 2.38. The fourth-order valence-corrected chi connectivity index (χ4v) is 2.84. The maximum atomic E-state index is 12.3. The summed E-state index contributed by atoms with van der Waals surface area (Å²) in [6, 6.07) is 7.03. The molecule has 3 nitrogen and oxygen atoms in total. The minimum atomic E-state index is -0.271. The van der Waals surface area contributed by atoms with E-state index in [-0.39, 0.29) is 5.91 Å². The lowest BCUT2D eigenvalue weighted by Gasteiger charge is -2.09. The van der Waals surface area contributed by atoms with Gasteiger partial charge in [0.15, 0.2) is 5.82 Å². The Bertz CT molecular complexity index is 694. The van der Waals surface area contributed by atoms with Crippen molar-refractivity contribution in [3.8, 4) is 0 Å². The van der Waals surface area contributed by atoms with Crippen LogP contribution in [0.5, 0.6) is 0 Å². The maximum absolute atomic E-state index is 12.3. The highest BCUT2D eigenvalue weighted by molar-refractivity contribution is 14.1. The van der Waals surface area contributed by atoms with E-state index in [1.54, 1.807) is 19.1 Å². The molecular weight excluding hydrogens is 478 g/mol. The summed E-state index contributed by atoms with van der Waals surface area (Å²) in [6.07, 6.45) is 0. The predicted octanol–water partition coefficient (Wildman–Crippen LogP) is 5.32. The highest BCUT2D eigenvalue weighted by Gasteiger charge is 2.14. The number of halogens is 4. The van der Waals surface area contributed by atoms with Gasteiger partial charge in [0.1, 0.15) is 0 Å². The molecule has 0 aliphatic rings. The summed E-state index contributed by atoms with van der Waals surface area (Å²) in [5.74, 6) is 0.0289. The van der Waals surface area contributed by atoms with Crippen LogP contribution in [0.1, 0.15) is 16.1 Å². The van der Waals surface area contributed by atoms with E-state index >= 15 is 0 Å². The van der Waals surface area contributed by atoms with E-state index in [1.807, 2.05) is 12.1 Å². The van der Waals surface area contributed by atoms with Crippen LogP contribution in [-0.2, 0) is 0 Å². The summed E-state index contributed by atoms with van der Waals surface area (Å²) in [5.41, 5.74) is 1.15. The Balaban J connectivity index is 2.32. The van der Waals surface area contributed by atoms with Crippen molar-refractivity contribution in [2.75, 3.05) is 5.32 Å². The minimum absolute atomic E-state index is 0.271. The van der Waals surface area contributed by atoms with Gasteiger partial charge in [-0.25, -0.2) is 4.98 Å². The quantitative estimate of drug-likeness (QED) is 0.585. The number of aryl methyl sites for hydroxylation is 1. The number of carbonyl (C=O) groups excluding carboxylic acids is 1. The summed E-state index contributed by atoms with van der Waals surface area (Å²) >= 11 is 17.4. The second kappa shape index (κ2) is 6.60. The van der Waals surface area contributed by atoms with Gasteiger partial charge in [0.25, 0.3) is 5.91 Å². The number of hydrogen-bond acceptors (Lipinski definition) is 2. The third-order valence-electron chi connectivity index (χ3n) is 2.51. The van der Waals surface area contributed by atoms with Gasteiger partial charge in [-0.15, -0.1) is 0 Å². The standard InChI is InChI=1S/C13H8BrCl2IN2O/c1-6-9(15)5-10(16)12(18-6)19-13(20)8-4-7(14)2-3-11(8)17/h2-5H,1H3,(H,18,19,20). The number of aromatic nitrogens is 1. The monoisotopic (exact) mass is 484 g/mol. The maximum Gasteiger partial charge on any atom is 0.257 e. The molecule has 0 fully saturated rings. The van der Waals surface area contributed by atoms with E-state index in [0.717, 1.165) is 8.04 Å². The zero-order chi connectivity index (χ0) is 14.9. The summed E-state index contributed by atoms with van der Waals surface area (Å²) in [6.45, 7) is 1.75. The third kappa shape index (κ3) is 3.63. The molecule has 1 aromatic heterocycles. The van der Waals surface area contributed by atoms with Gasteiger partial charge in [-0.05, 0) is 53.8 Å². The number of hydrogen-bond donors (Lipinski definition) is 1. The molecule has 0 aliphatic carbocycles. The second-order valence-electron chi connectivity index (χ2n) is 3.96. The molecule has 1 aromatic carbocycles. The summed E-state index contributed by atoms with van der Waals surface area (Å²) in [5, 5.41) is 3.46. The van der Waals surface area contributed by atoms with Crippen molar-refractivity contribution >= 4 is 73.4 Å². The van der Waals surface area contributed by atoms with Gasteiger partial charge in [0.05, 0.1) is 21.3 Å². The van der Waals surface area contributed by atoms with E-state index < -0.39 is 0 Å². The van der Waals surface area contributed by atoms with Gasteiger partial charge in [-0.1, -0.05) is 39.1 Å². The molecule has 2 aromatic rings. The fraction of sp³-hybridized carbons (Fsp3) is 0.0769. The van der Waals surface area contributed by atoms with E-state index in [9.17, 15) is 4.79 Å². The lowest BCUT2D eigenvalue weighted by Crippen LogP contribution is -2.15. The van der Waals surface area contributed by atoms with Crippen molar-refractivity contribution in [2.24, 2.45) is 0 Å². The predicted molar refractivity (Wildman–Crippen MR) is 93.8 cm³/mol. The van der Waals surface area contributed by atoms with Crippen LogP contribution < -0.4 is 5.32 Å². The number of anilines is 1. The Morgan fingerprint density at radius 2 is 2.00 bits per heavy atom. The van der Waals surface area contributed by atoms with Crippen molar-refractivity contribution in [1.29, 1.82) is 0 Å². The largest absolute Gasteiger partial charge is 0.305 e. The molecule has 0 radical (unpaired) electrons. The van der Waals surface area contributed by atoms with Crippen molar-refractivity contribution < 1.29 is 4.79 Å². The molecule has 7 heteroatoms. The lowest BCUT2D eigenvalue weighted by molar-refractivity contribution is 0.102. The van der Waals surface area contributed by atoms with Crippen LogP contribution in [0, 0.1) is 10.5 Å². The molecule has 1 heterocycles. The zero-order valence-electron chi connectivity index (χ0n) is 10.2. The number of nitrogens with zero attached hydrogens (tertiary/aromatic N) is 1. The van der Waals surface area contributed by atoms with Crippen LogP contribution in [0.25, 0.3) is 0 Å². The smallest absolute Gasteiger partial charge is 0.257 e. The van der Waals surface area contributed by atoms with Gasteiger partial charge in [-0.2, -0.15) is 0 Å². The average molecular weight is 486 g/mol. The first-order valence-electron chi connectivity index (χ1n) is 5.47. The number of amides is 1. The van der Waals surface area contributed by atoms with Crippen molar-refractivity contribution in [1.82, 2.24) is 4.98 Å². The number of benzene rings is 1. The van der Waals surface area contributed by atoms with E-state index in [0.29, 0.717) is 27.1 Å². The first-order valence-corrected chi connectivity index (χ1v) is 8.10. The van der Waals surface area contributed by atoms with Crippen molar-refractivity contribution in [3.05, 3.63) is 53.6 Å². The first-order chi connectivity index (χ1) is 9.38. The van der Waals surface area contributed by atoms with Crippen molar-refractivity contribution in [2.45, 2.75) is 6.92 Å². The van der Waals surface area contributed by atoms with Crippen LogP contribution in [-0.4, -0.2) is 10.9 Å². The topological polar surface area (TPSA) is 42.0 Å². The normalized spacial score (nSPS) is 10.4. The highest BCUT2D eigenvalue weighted by Crippen LogP contribution is 2.26. The summed E-state index contributed by atoms with van der Waals surface area (Å²) < 4.78 is 1.67. The molecule has 0 unspecified atom stereocenters. The Morgan fingerprint density at radius 3 is 2.70 bits per heavy atom. The summed E-state index contributed by atoms with van der Waals surface area (Å²) in [7, 11) is 0. The molecule has 0 saturated heterocycles. The van der Waals surface area contributed by atoms with Crippen LogP contribution in [0.4, 0.5) is 5.82 Å². The molecule has 1 N–H and O–H groups in total. The van der Waals surface area contributed by atoms with E-state index in [1.165, 1.54) is 0 Å². The van der Waals surface area contributed by atoms with Gasteiger partial charge in [0.2, 0.25) is 0 Å². The van der Waals surface area contributed by atoms with E-state index in [2.05, 4.69) is 48.8 Å². The number of nitrogens with one attached hydrogen (secondary N) is 1. The lowest BCUT2D eigenvalue weighted by atomic mass is 10.2. The van der Waals surface area contributed by atoms with Crippen LogP contribution >= 0.6 is 61.7 Å². The molecular formula is C13H8BrCl2IN2O. The minimum Gasteiger partial charge on any atom is -0.305 e. The number of carbonyl (C=O) groups is 1. The Kier molecular flexibility index (Phi) is 5.28. The molecule has 1 amide bonds. The van der Waals surface area contributed by atoms with Crippen LogP contribution in [0.15, 0.2) is 28.7 Å². The Labute approximate surface area is 148 Å². The third-order valence-corrected chi connectivity index (χ3v) is 4.61. The molecule has 104 valence electrons. The molecule has 20 heavy (non-hydrogen) atoms. The first kappa shape index (κ1) is 16.0. The van der Waals surface area contributed by atoms with Crippen molar-refractivity contribution in [3.63, 3.8) is 0 Å². The zero-order valence-corrected chi connectivity index (χ0v) is 15.4. The molecule has 2 rings (SSSR count). The highest BCUT2D eigenvalue weighted by atomic mass is 127. The van der Waals surface area contributed by atoms with Gasteiger partial charge < -0.3 is 5.32 Å². The SMILES string of the molecule is Cc1nc(NC(=O)c2cc(Br)ccc2I)c(Cl)cc1Cl. The Hall–Kier alpha value is -0.370. The van der Waals surface area contributed by atoms with Crippen LogP contribution in [0.2, 0.25) is 10.0 Å². The fourth-order valence-electron chi connectivity index (χ4n) is 1.49. The number of pyridine rings is 1. The molecule has 0 bridgehead atoms. The number of rotatable bonds is 2. The molecule has 0 atom stereocenters. The molecule has 0 saturated carbocycles. The second-order valence-corrected chi connectivity index (χ2v) is 6.86.